The molecule has 2 rings (SSSR count). The van der Waals surface area contributed by atoms with E-state index < -0.39 is 0 Å². The van der Waals surface area contributed by atoms with Crippen LogP contribution >= 0.6 is 35.6 Å². The van der Waals surface area contributed by atoms with Crippen LogP contribution in [-0.4, -0.2) is 62.5 Å². The largest absolute Gasteiger partial charge is 0.356 e. The molecule has 0 saturated heterocycles. The van der Waals surface area contributed by atoms with Crippen LogP contribution in [0.5, 0.6) is 0 Å². The van der Waals surface area contributed by atoms with Gasteiger partial charge in [-0.1, -0.05) is 29.8 Å². The zero-order valence-electron chi connectivity index (χ0n) is 17.6. The molecular formula is C21H30ClIN6O. The minimum Gasteiger partial charge on any atom is -0.356 e. The monoisotopic (exact) mass is 544 g/mol. The molecule has 0 saturated carbocycles. The predicted molar refractivity (Wildman–Crippen MR) is 134 cm³/mol. The molecule has 0 unspecified atom stereocenters. The Balaban J connectivity index is 0.00000450. The Bertz CT molecular complexity index is 813. The van der Waals surface area contributed by atoms with Gasteiger partial charge in [0.05, 0.1) is 0 Å². The summed E-state index contributed by atoms with van der Waals surface area (Å²) in [7, 11) is 5.69. The second-order valence-corrected chi connectivity index (χ2v) is 7.24. The van der Waals surface area contributed by atoms with E-state index in [9.17, 15) is 4.79 Å². The number of carbonyl (C=O) groups excluding carboxylic acids is 1. The molecular weight excluding hydrogens is 515 g/mol. The fraction of sp³-hybridized carbons (Fsp3) is 0.381. The van der Waals surface area contributed by atoms with Gasteiger partial charge < -0.3 is 20.9 Å². The summed E-state index contributed by atoms with van der Waals surface area (Å²) < 4.78 is 0. The van der Waals surface area contributed by atoms with Crippen LogP contribution in [0.4, 0.5) is 0 Å². The Labute approximate surface area is 200 Å². The first-order valence-corrected chi connectivity index (χ1v) is 9.92. The smallest absolute Gasteiger partial charge is 0.251 e. The maximum Gasteiger partial charge on any atom is 0.251 e. The SMILES string of the molecule is CN=C(NCCc1ccc(Cl)nc1)NCc1cccc(C(=O)NCCN(C)C)c1.I. The number of hydrogen-bond acceptors (Lipinski definition) is 4. The standard InChI is InChI=1S/C21H29ClN6O.HI/c1-23-21(25-10-9-16-7-8-19(22)26-14-16)27-15-17-5-4-6-18(13-17)20(29)24-11-12-28(2)3;/h4-8,13-14H,9-12,15H2,1-3H3,(H,24,29)(H2,23,25,27);1H. The van der Waals surface area contributed by atoms with Crippen molar-refractivity contribution in [1.82, 2.24) is 25.8 Å². The molecule has 0 aliphatic heterocycles. The third-order valence-corrected chi connectivity index (χ3v) is 4.44. The Morgan fingerprint density at radius 2 is 1.90 bits per heavy atom. The molecule has 0 radical (unpaired) electrons. The lowest BCUT2D eigenvalue weighted by Crippen LogP contribution is -2.38. The summed E-state index contributed by atoms with van der Waals surface area (Å²) in [6.07, 6.45) is 2.59. The van der Waals surface area contributed by atoms with Gasteiger partial charge in [-0.2, -0.15) is 0 Å². The quantitative estimate of drug-likeness (QED) is 0.196. The van der Waals surface area contributed by atoms with Crippen LogP contribution in [0.2, 0.25) is 5.15 Å². The van der Waals surface area contributed by atoms with Gasteiger partial charge in [0.25, 0.3) is 5.91 Å². The number of halogens is 2. The van der Waals surface area contributed by atoms with Gasteiger partial charge in [0.15, 0.2) is 5.96 Å². The van der Waals surface area contributed by atoms with Crippen molar-refractivity contribution >= 4 is 47.4 Å². The third kappa shape index (κ3) is 9.73. The maximum absolute atomic E-state index is 12.3. The lowest BCUT2D eigenvalue weighted by molar-refractivity contribution is 0.0951. The summed E-state index contributed by atoms with van der Waals surface area (Å²) in [6, 6.07) is 11.3. The molecule has 1 heterocycles. The average molecular weight is 545 g/mol. The molecule has 0 fully saturated rings. The lowest BCUT2D eigenvalue weighted by atomic mass is 10.1. The van der Waals surface area contributed by atoms with E-state index in [0.717, 1.165) is 30.6 Å². The minimum absolute atomic E-state index is 0. The molecule has 7 nitrogen and oxygen atoms in total. The first-order valence-electron chi connectivity index (χ1n) is 9.54. The summed E-state index contributed by atoms with van der Waals surface area (Å²) in [6.45, 7) is 2.72. The van der Waals surface area contributed by atoms with Gasteiger partial charge in [0.2, 0.25) is 0 Å². The Morgan fingerprint density at radius 3 is 2.57 bits per heavy atom. The van der Waals surface area contributed by atoms with E-state index in [4.69, 9.17) is 11.6 Å². The van der Waals surface area contributed by atoms with Crippen LogP contribution in [0.1, 0.15) is 21.5 Å². The number of aromatic nitrogens is 1. The van der Waals surface area contributed by atoms with Gasteiger partial charge in [-0.15, -0.1) is 24.0 Å². The van der Waals surface area contributed by atoms with Crippen molar-refractivity contribution < 1.29 is 4.79 Å². The summed E-state index contributed by atoms with van der Waals surface area (Å²) in [5.74, 6) is 0.639. The van der Waals surface area contributed by atoms with E-state index >= 15 is 0 Å². The predicted octanol–water partition coefficient (Wildman–Crippen LogP) is 2.55. The van der Waals surface area contributed by atoms with Gasteiger partial charge in [-0.3, -0.25) is 9.79 Å². The zero-order chi connectivity index (χ0) is 21.1. The zero-order valence-corrected chi connectivity index (χ0v) is 20.7. The number of guanidine groups is 1. The van der Waals surface area contributed by atoms with Gasteiger partial charge in [0, 0.05) is 45.0 Å². The topological polar surface area (TPSA) is 81.6 Å². The average Bonchev–Trinajstić information content (AvgIpc) is 2.71. The number of benzene rings is 1. The molecule has 9 heteroatoms. The fourth-order valence-electron chi connectivity index (χ4n) is 2.60. The van der Waals surface area contributed by atoms with Crippen molar-refractivity contribution in [2.75, 3.05) is 40.8 Å². The van der Waals surface area contributed by atoms with Crippen molar-refractivity contribution in [2.45, 2.75) is 13.0 Å². The first kappa shape index (κ1) is 26.1. The van der Waals surface area contributed by atoms with Crippen molar-refractivity contribution in [3.8, 4) is 0 Å². The van der Waals surface area contributed by atoms with Crippen LogP contribution in [-0.2, 0) is 13.0 Å². The summed E-state index contributed by atoms with van der Waals surface area (Å²) in [5.41, 5.74) is 2.77. The molecule has 164 valence electrons. The molecule has 0 spiro atoms. The van der Waals surface area contributed by atoms with Crippen LogP contribution in [0.25, 0.3) is 0 Å². The number of pyridine rings is 1. The van der Waals surface area contributed by atoms with E-state index in [2.05, 4.69) is 25.9 Å². The Hall–Kier alpha value is -1.91. The molecule has 1 aromatic heterocycles. The van der Waals surface area contributed by atoms with Crippen LogP contribution < -0.4 is 16.0 Å². The Kier molecular flexibility index (Phi) is 12.3. The highest BCUT2D eigenvalue weighted by atomic mass is 127. The molecule has 3 N–H and O–H groups in total. The van der Waals surface area contributed by atoms with Gasteiger partial charge in [0.1, 0.15) is 5.15 Å². The summed E-state index contributed by atoms with van der Waals surface area (Å²) >= 11 is 5.80. The number of rotatable bonds is 9. The number of carbonyl (C=O) groups is 1. The van der Waals surface area contributed by atoms with Crippen molar-refractivity contribution in [3.63, 3.8) is 0 Å². The summed E-state index contributed by atoms with van der Waals surface area (Å²) in [5, 5.41) is 9.97. The van der Waals surface area contributed by atoms with Crippen molar-refractivity contribution in [3.05, 3.63) is 64.4 Å². The molecule has 0 atom stereocenters. The van der Waals surface area contributed by atoms with Gasteiger partial charge in [-0.05, 0) is 49.8 Å². The molecule has 0 bridgehead atoms. The van der Waals surface area contributed by atoms with E-state index in [0.29, 0.717) is 29.8 Å². The molecule has 30 heavy (non-hydrogen) atoms. The van der Waals surface area contributed by atoms with Crippen molar-refractivity contribution in [2.24, 2.45) is 4.99 Å². The fourth-order valence-corrected chi connectivity index (χ4v) is 2.72. The molecule has 1 amide bonds. The van der Waals surface area contributed by atoms with Gasteiger partial charge in [-0.25, -0.2) is 4.98 Å². The van der Waals surface area contributed by atoms with E-state index in [1.165, 1.54) is 0 Å². The van der Waals surface area contributed by atoms with Crippen LogP contribution in [0.15, 0.2) is 47.6 Å². The highest BCUT2D eigenvalue weighted by Gasteiger charge is 2.06. The molecule has 0 aliphatic carbocycles. The van der Waals surface area contributed by atoms with Crippen LogP contribution in [0.3, 0.4) is 0 Å². The number of nitrogens with one attached hydrogen (secondary N) is 3. The van der Waals surface area contributed by atoms with Gasteiger partial charge >= 0.3 is 0 Å². The lowest BCUT2D eigenvalue weighted by Gasteiger charge is -2.13. The number of hydrogen-bond donors (Lipinski definition) is 3. The normalized spacial score (nSPS) is 11.0. The Morgan fingerprint density at radius 1 is 1.10 bits per heavy atom. The van der Waals surface area contributed by atoms with Crippen molar-refractivity contribution in [1.29, 1.82) is 0 Å². The number of amides is 1. The number of nitrogens with zero attached hydrogens (tertiary/aromatic N) is 3. The van der Waals surface area contributed by atoms with Crippen LogP contribution in [0, 0.1) is 0 Å². The third-order valence-electron chi connectivity index (χ3n) is 4.21. The highest BCUT2D eigenvalue weighted by Crippen LogP contribution is 2.06. The second-order valence-electron chi connectivity index (χ2n) is 6.85. The minimum atomic E-state index is -0.0622. The molecule has 0 aliphatic rings. The second kappa shape index (κ2) is 14.2. The highest BCUT2D eigenvalue weighted by molar-refractivity contribution is 14.0. The number of aliphatic imine (C=N–C) groups is 1. The first-order chi connectivity index (χ1) is 14.0. The number of likely N-dealkylation sites (N-methyl/N-ethyl adjacent to an activating group) is 1. The summed E-state index contributed by atoms with van der Waals surface area (Å²) in [4.78, 5) is 22.6. The molecule has 1 aromatic carbocycles. The van der Waals surface area contributed by atoms with E-state index in [1.807, 2.05) is 49.3 Å². The maximum atomic E-state index is 12.3. The van der Waals surface area contributed by atoms with E-state index in [-0.39, 0.29) is 29.9 Å². The molecule has 2 aromatic rings. The van der Waals surface area contributed by atoms with E-state index in [1.54, 1.807) is 19.3 Å².